The molecule has 3 aliphatic heterocycles. The number of carboxylic acids is 1. The van der Waals surface area contributed by atoms with Gasteiger partial charge in [-0.05, 0) is 71.8 Å². The second kappa shape index (κ2) is 13.1. The predicted octanol–water partition coefficient (Wildman–Crippen LogP) is 4.58. The minimum absolute atomic E-state index is 0.0459. The number of likely N-dealkylation sites (tertiary alicyclic amines) is 2. The van der Waals surface area contributed by atoms with E-state index in [2.05, 4.69) is 49.1 Å². The first-order valence-electron chi connectivity index (χ1n) is 17.2. The van der Waals surface area contributed by atoms with Crippen LogP contribution in [0.5, 0.6) is 0 Å². The first-order valence-corrected chi connectivity index (χ1v) is 17.2. The smallest absolute Gasteiger partial charge is 0.309 e. The van der Waals surface area contributed by atoms with Gasteiger partial charge in [0.2, 0.25) is 11.8 Å². The third-order valence-corrected chi connectivity index (χ3v) is 10.5. The molecule has 2 aromatic carbocycles. The van der Waals surface area contributed by atoms with Gasteiger partial charge in [-0.25, -0.2) is 4.98 Å². The number of aliphatic hydroxyl groups excluding tert-OH is 1. The Hall–Kier alpha value is -4.97. The summed E-state index contributed by atoms with van der Waals surface area (Å²) in [6.07, 6.45) is 5.04. The van der Waals surface area contributed by atoms with Gasteiger partial charge in [0.25, 0.3) is 0 Å². The lowest BCUT2D eigenvalue weighted by Gasteiger charge is -2.36. The Kier molecular flexibility index (Phi) is 8.42. The van der Waals surface area contributed by atoms with Crippen LogP contribution in [0.15, 0.2) is 65.3 Å². The molecule has 6 heterocycles. The quantitative estimate of drug-likeness (QED) is 0.229. The lowest BCUT2D eigenvalue weighted by Crippen LogP contribution is -2.53. The van der Waals surface area contributed by atoms with Gasteiger partial charge in [0, 0.05) is 62.5 Å². The van der Waals surface area contributed by atoms with Crippen molar-refractivity contribution in [3.05, 3.63) is 100 Å². The molecule has 1 atom stereocenters. The van der Waals surface area contributed by atoms with Crippen molar-refractivity contribution in [1.82, 2.24) is 29.7 Å². The van der Waals surface area contributed by atoms with Gasteiger partial charge >= 0.3 is 5.97 Å². The maximum atomic E-state index is 12.9. The number of rotatable bonds is 9. The normalized spacial score (nSPS) is 18.1. The Labute approximate surface area is 290 Å². The molecule has 5 aromatic rings. The van der Waals surface area contributed by atoms with Gasteiger partial charge < -0.3 is 19.5 Å². The number of hydrogen-bond donors (Lipinski definition) is 2. The van der Waals surface area contributed by atoms with Crippen molar-refractivity contribution in [2.24, 2.45) is 5.92 Å². The second-order valence-electron chi connectivity index (χ2n) is 14.0. The summed E-state index contributed by atoms with van der Waals surface area (Å²) in [5, 5.41) is 20.1. The summed E-state index contributed by atoms with van der Waals surface area (Å²) in [7, 11) is 0. The molecule has 50 heavy (non-hydrogen) atoms. The number of aliphatic carboxylic acids is 1. The number of aromatic nitrogens is 3. The third kappa shape index (κ3) is 6.17. The van der Waals surface area contributed by atoms with Crippen molar-refractivity contribution >= 4 is 22.8 Å². The molecule has 0 unspecified atom stereocenters. The van der Waals surface area contributed by atoms with Crippen molar-refractivity contribution in [2.45, 2.75) is 52.4 Å². The number of oxazole rings is 1. The molecule has 2 saturated heterocycles. The van der Waals surface area contributed by atoms with Gasteiger partial charge in [0.1, 0.15) is 11.5 Å². The number of carboxylic acid groups (broad SMARTS) is 1. The molecule has 1 amide bonds. The predicted molar refractivity (Wildman–Crippen MR) is 187 cm³/mol. The molecule has 3 aromatic heterocycles. The molecule has 2 fully saturated rings. The maximum Gasteiger partial charge on any atom is 0.309 e. The number of pyridine rings is 2. The van der Waals surface area contributed by atoms with E-state index in [0.717, 1.165) is 69.6 Å². The van der Waals surface area contributed by atoms with E-state index < -0.39 is 5.97 Å². The lowest BCUT2D eigenvalue weighted by atomic mass is 9.90. The molecule has 0 radical (unpaired) electrons. The first kappa shape index (κ1) is 32.2. The number of β-amino-alcohol motifs (C(OH)–C–C–N with tert-alkyl or cyclic N) is 1. The fourth-order valence-corrected chi connectivity index (χ4v) is 7.58. The van der Waals surface area contributed by atoms with Gasteiger partial charge in [-0.1, -0.05) is 30.3 Å². The second-order valence-corrected chi connectivity index (χ2v) is 14.0. The summed E-state index contributed by atoms with van der Waals surface area (Å²) in [5.41, 5.74) is 10.3. The van der Waals surface area contributed by atoms with E-state index in [1.807, 2.05) is 35.5 Å². The summed E-state index contributed by atoms with van der Waals surface area (Å²) in [6, 6.07) is 16.8. The molecule has 256 valence electrons. The van der Waals surface area contributed by atoms with Crippen molar-refractivity contribution < 1.29 is 24.2 Å². The van der Waals surface area contributed by atoms with Crippen LogP contribution in [0.25, 0.3) is 33.5 Å². The van der Waals surface area contributed by atoms with Crippen molar-refractivity contribution in [3.63, 3.8) is 0 Å². The number of carbonyl (C=O) groups is 2. The summed E-state index contributed by atoms with van der Waals surface area (Å²) in [5.74, 6) is 0.000183. The molecule has 11 nitrogen and oxygen atoms in total. The zero-order valence-corrected chi connectivity index (χ0v) is 28.3. The van der Waals surface area contributed by atoms with Gasteiger partial charge in [0.15, 0.2) is 0 Å². The number of amides is 1. The lowest BCUT2D eigenvalue weighted by molar-refractivity contribution is -0.150. The Balaban J connectivity index is 0.986. The van der Waals surface area contributed by atoms with E-state index in [-0.39, 0.29) is 24.5 Å². The largest absolute Gasteiger partial charge is 0.481 e. The summed E-state index contributed by atoms with van der Waals surface area (Å²) in [6.45, 7) is 8.40. The molecule has 0 spiro atoms. The van der Waals surface area contributed by atoms with E-state index in [1.165, 1.54) is 11.1 Å². The van der Waals surface area contributed by atoms with Crippen LogP contribution in [0.1, 0.15) is 45.8 Å². The van der Waals surface area contributed by atoms with Crippen LogP contribution < -0.4 is 0 Å². The van der Waals surface area contributed by atoms with Crippen LogP contribution >= 0.6 is 0 Å². The van der Waals surface area contributed by atoms with Gasteiger partial charge in [-0.15, -0.1) is 0 Å². The van der Waals surface area contributed by atoms with Gasteiger partial charge in [-0.3, -0.25) is 29.4 Å². The molecule has 2 N–H and O–H groups in total. The molecule has 3 aliphatic rings. The topological polar surface area (TPSA) is 136 Å². The number of benzene rings is 2. The van der Waals surface area contributed by atoms with Crippen LogP contribution in [-0.2, 0) is 35.6 Å². The van der Waals surface area contributed by atoms with E-state index in [1.54, 1.807) is 4.90 Å². The fraction of sp³-hybridized carbons (Fsp3) is 0.359. The highest BCUT2D eigenvalue weighted by Crippen LogP contribution is 2.37. The minimum atomic E-state index is -0.811. The average molecular weight is 673 g/mol. The fourth-order valence-electron chi connectivity index (χ4n) is 7.58. The molecular weight excluding hydrogens is 632 g/mol. The van der Waals surface area contributed by atoms with E-state index in [9.17, 15) is 14.7 Å². The zero-order valence-electron chi connectivity index (χ0n) is 28.3. The van der Waals surface area contributed by atoms with Crippen molar-refractivity contribution in [2.75, 3.05) is 32.7 Å². The maximum absolute atomic E-state index is 12.9. The zero-order chi connectivity index (χ0) is 34.5. The molecule has 8 rings (SSSR count). The molecule has 0 bridgehead atoms. The summed E-state index contributed by atoms with van der Waals surface area (Å²) >= 11 is 0. The highest BCUT2D eigenvalue weighted by Gasteiger charge is 2.36. The van der Waals surface area contributed by atoms with E-state index in [0.29, 0.717) is 50.8 Å². The molecular formula is C39H40N6O5. The van der Waals surface area contributed by atoms with Gasteiger partial charge in [-0.2, -0.15) is 0 Å². The number of nitrogens with zero attached hydrogens (tertiary/aromatic N) is 6. The van der Waals surface area contributed by atoms with Crippen LogP contribution in [-0.4, -0.2) is 90.6 Å². The number of aliphatic hydroxyl groups is 1. The highest BCUT2D eigenvalue weighted by molar-refractivity contribution is 5.82. The third-order valence-electron chi connectivity index (χ3n) is 10.5. The number of carbonyl (C=O) groups excluding carboxylic acids is 1. The number of hydrogen-bond acceptors (Lipinski definition) is 9. The van der Waals surface area contributed by atoms with E-state index >= 15 is 0 Å². The molecule has 11 heteroatoms. The van der Waals surface area contributed by atoms with Crippen LogP contribution in [0.3, 0.4) is 0 Å². The Morgan fingerprint density at radius 3 is 2.48 bits per heavy atom. The molecule has 0 aliphatic carbocycles. The monoisotopic (exact) mass is 672 g/mol. The molecule has 0 saturated carbocycles. The van der Waals surface area contributed by atoms with Crippen molar-refractivity contribution in [3.8, 4) is 22.6 Å². The van der Waals surface area contributed by atoms with E-state index in [4.69, 9.17) is 24.5 Å². The summed E-state index contributed by atoms with van der Waals surface area (Å²) < 4.78 is 6.26. The SMILES string of the molecule is Cc1c(Cc2nccc3cc(CN4CC[C@@H](O)C4)cnc23)cccc1-c1cccc(-c2nc3c(o2)CN(C(=O)CN2CC(C(=O)O)C2)C3)c1C. The highest BCUT2D eigenvalue weighted by atomic mass is 16.4. The number of fused-ring (bicyclic) bond motifs is 2. The van der Waals surface area contributed by atoms with Crippen LogP contribution in [0.4, 0.5) is 0 Å². The van der Waals surface area contributed by atoms with Crippen LogP contribution in [0, 0.1) is 19.8 Å². The minimum Gasteiger partial charge on any atom is -0.481 e. The Morgan fingerprint density at radius 2 is 1.72 bits per heavy atom. The standard InChI is InChI=1S/C39H40N6O5/c1-23-26(14-33-37-27(9-11-40-33)13-25(15-41-37)16-43-12-10-29(46)19-43)5-3-6-30(23)31-7-4-8-32(24(31)2)38-42-34-20-45(21-35(34)50-38)36(47)22-44-17-28(18-44)39(48)49/h3-9,11,13,15,28-29,46H,10,12,14,16-22H2,1-2H3,(H,48,49)/t29-/m1/s1. The first-order chi connectivity index (χ1) is 24.2. The van der Waals surface area contributed by atoms with Gasteiger partial charge in [0.05, 0.1) is 42.9 Å². The average Bonchev–Trinajstić information content (AvgIpc) is 3.79. The van der Waals surface area contributed by atoms with Crippen LogP contribution in [0.2, 0.25) is 0 Å². The van der Waals surface area contributed by atoms with Crippen molar-refractivity contribution in [1.29, 1.82) is 0 Å². The Bertz CT molecular complexity index is 2100. The Morgan fingerprint density at radius 1 is 0.940 bits per heavy atom. The summed E-state index contributed by atoms with van der Waals surface area (Å²) in [4.78, 5) is 44.3.